The molecule has 0 saturated carbocycles. The Hall–Kier alpha value is -5.71. The van der Waals surface area contributed by atoms with Crippen LogP contribution in [-0.4, -0.2) is 10.0 Å². The van der Waals surface area contributed by atoms with Crippen LogP contribution in [0.5, 0.6) is 0 Å². The summed E-state index contributed by atoms with van der Waals surface area (Å²) in [5.41, 5.74) is 3.01. The fourth-order valence-corrected chi connectivity index (χ4v) is 8.03. The van der Waals surface area contributed by atoms with Crippen molar-refractivity contribution in [1.82, 2.24) is 10.2 Å². The summed E-state index contributed by atoms with van der Waals surface area (Å²) >= 11 is 5.71. The van der Waals surface area contributed by atoms with Gasteiger partial charge in [0.2, 0.25) is 0 Å². The third-order valence-corrected chi connectivity index (χ3v) is 10.4. The van der Waals surface area contributed by atoms with E-state index in [4.69, 9.17) is 12.2 Å². The third-order valence-electron chi connectivity index (χ3n) is 10.2. The van der Waals surface area contributed by atoms with Crippen molar-refractivity contribution < 1.29 is 26.3 Å². The Balaban J connectivity index is 1.26. The first-order valence-corrected chi connectivity index (χ1v) is 18.1. The van der Waals surface area contributed by atoms with Crippen LogP contribution in [0.15, 0.2) is 152 Å². The highest BCUT2D eigenvalue weighted by molar-refractivity contribution is 7.80. The highest BCUT2D eigenvalue weighted by Crippen LogP contribution is 2.46. The number of benzene rings is 7. The molecule has 0 radical (unpaired) electrons. The molecule has 0 unspecified atom stereocenters. The lowest BCUT2D eigenvalue weighted by atomic mass is 9.88. The maximum atomic E-state index is 13.8. The molecule has 1 aliphatic rings. The zero-order chi connectivity index (χ0) is 38.3. The van der Waals surface area contributed by atoms with Crippen LogP contribution < -0.4 is 10.6 Å². The summed E-state index contributed by atoms with van der Waals surface area (Å²) in [4.78, 5) is 2.36. The largest absolute Gasteiger partial charge is 0.416 e. The number of hydrogen-bond donors (Lipinski definition) is 2. The van der Waals surface area contributed by atoms with Crippen LogP contribution in [0.3, 0.4) is 0 Å². The Labute approximate surface area is 319 Å². The smallest absolute Gasteiger partial charge is 0.354 e. The number of anilines is 1. The standard InChI is InChI=1S/C45H33F6N3S/c46-44(47,48)34-23-35(45(49,50)51)25-36(24-34)52-43(55)53-41(30-13-3-1-4-14-30)42(31-15-5-2-6-16-31)54-26-32-21-19-28-11-7-9-17-37(28)39(32)40-33(27-54)22-20-29-12-8-10-18-38(29)40/h1-25,41-42H,26-27H2,(H2,52,53,55)/t41-,42-/m1/s1. The average molecular weight is 762 g/mol. The van der Waals surface area contributed by atoms with Gasteiger partial charge < -0.3 is 10.6 Å². The van der Waals surface area contributed by atoms with E-state index in [0.717, 1.165) is 54.9 Å². The van der Waals surface area contributed by atoms with Gasteiger partial charge in [0.05, 0.1) is 23.2 Å². The summed E-state index contributed by atoms with van der Waals surface area (Å²) < 4.78 is 82.6. The number of hydrogen-bond acceptors (Lipinski definition) is 2. The summed E-state index contributed by atoms with van der Waals surface area (Å²) in [7, 11) is 0. The fraction of sp³-hybridized carbons (Fsp3) is 0.133. The molecule has 7 aromatic rings. The molecule has 7 aromatic carbocycles. The molecule has 0 aromatic heterocycles. The van der Waals surface area contributed by atoms with Crippen LogP contribution in [0.25, 0.3) is 32.7 Å². The Morgan fingerprint density at radius 2 is 1.00 bits per heavy atom. The Morgan fingerprint density at radius 3 is 1.49 bits per heavy atom. The molecule has 0 amide bonds. The van der Waals surface area contributed by atoms with Gasteiger partial charge >= 0.3 is 12.4 Å². The second kappa shape index (κ2) is 14.5. The third kappa shape index (κ3) is 7.39. The summed E-state index contributed by atoms with van der Waals surface area (Å²) in [6.07, 6.45) is -10.0. The molecular formula is C45H33F6N3S. The minimum Gasteiger partial charge on any atom is -0.354 e. The number of thiocarbonyl (C=S) groups is 1. The Kier molecular flexibility index (Phi) is 9.57. The normalized spacial score (nSPS) is 14.4. The average Bonchev–Trinajstić information content (AvgIpc) is 3.35. The van der Waals surface area contributed by atoms with Gasteiger partial charge in [-0.3, -0.25) is 4.90 Å². The van der Waals surface area contributed by atoms with E-state index in [1.54, 1.807) is 0 Å². The van der Waals surface area contributed by atoms with Gasteiger partial charge in [0, 0.05) is 18.8 Å². The Bertz CT molecular complexity index is 2400. The van der Waals surface area contributed by atoms with Gasteiger partial charge in [-0.25, -0.2) is 0 Å². The molecule has 1 heterocycles. The molecule has 276 valence electrons. The second-order valence-corrected chi connectivity index (χ2v) is 14.1. The van der Waals surface area contributed by atoms with Gasteiger partial charge in [-0.1, -0.05) is 133 Å². The molecule has 3 nitrogen and oxygen atoms in total. The molecule has 0 spiro atoms. The highest BCUT2D eigenvalue weighted by Gasteiger charge is 2.38. The monoisotopic (exact) mass is 761 g/mol. The summed E-state index contributed by atoms with van der Waals surface area (Å²) in [5, 5.41) is 10.4. The van der Waals surface area contributed by atoms with Crippen LogP contribution in [-0.2, 0) is 25.4 Å². The molecule has 2 atom stereocenters. The Morgan fingerprint density at radius 1 is 0.545 bits per heavy atom. The summed E-state index contributed by atoms with van der Waals surface area (Å²) in [6.45, 7) is 1.05. The van der Waals surface area contributed by atoms with E-state index >= 15 is 0 Å². The van der Waals surface area contributed by atoms with Gasteiger partial charge in [0.15, 0.2) is 5.11 Å². The quantitative estimate of drug-likeness (QED) is 0.130. The van der Waals surface area contributed by atoms with Crippen LogP contribution in [0.2, 0.25) is 0 Å². The first kappa shape index (κ1) is 36.3. The van der Waals surface area contributed by atoms with Crippen molar-refractivity contribution in [3.8, 4) is 11.1 Å². The number of alkyl halides is 6. The van der Waals surface area contributed by atoms with Crippen molar-refractivity contribution in [3.63, 3.8) is 0 Å². The lowest BCUT2D eigenvalue weighted by Gasteiger charge is -2.38. The topological polar surface area (TPSA) is 27.3 Å². The van der Waals surface area contributed by atoms with E-state index < -0.39 is 41.3 Å². The molecule has 2 N–H and O–H groups in total. The minimum absolute atomic E-state index is 0.0985. The lowest BCUT2D eigenvalue weighted by Crippen LogP contribution is -2.41. The first-order valence-electron chi connectivity index (χ1n) is 17.7. The molecule has 8 rings (SSSR count). The molecule has 0 fully saturated rings. The van der Waals surface area contributed by atoms with Crippen molar-refractivity contribution in [2.45, 2.75) is 37.5 Å². The van der Waals surface area contributed by atoms with E-state index in [-0.39, 0.29) is 11.2 Å². The number of nitrogens with zero attached hydrogens (tertiary/aromatic N) is 1. The van der Waals surface area contributed by atoms with Crippen molar-refractivity contribution in [2.24, 2.45) is 0 Å². The van der Waals surface area contributed by atoms with E-state index in [2.05, 4.69) is 64.1 Å². The minimum atomic E-state index is -5.01. The molecule has 1 aliphatic heterocycles. The van der Waals surface area contributed by atoms with Crippen molar-refractivity contribution in [2.75, 3.05) is 5.32 Å². The highest BCUT2D eigenvalue weighted by atomic mass is 32.1. The predicted octanol–water partition coefficient (Wildman–Crippen LogP) is 12.5. The van der Waals surface area contributed by atoms with E-state index in [1.165, 1.54) is 0 Å². The van der Waals surface area contributed by atoms with Crippen LogP contribution in [0.1, 0.15) is 45.5 Å². The van der Waals surface area contributed by atoms with Crippen LogP contribution in [0.4, 0.5) is 32.0 Å². The number of rotatable bonds is 6. The van der Waals surface area contributed by atoms with Gasteiger partial charge in [-0.15, -0.1) is 0 Å². The van der Waals surface area contributed by atoms with Gasteiger partial charge in [-0.05, 0) is 85.3 Å². The molecule has 0 saturated heterocycles. The summed E-state index contributed by atoms with van der Waals surface area (Å²) in [5.74, 6) is 0. The predicted molar refractivity (Wildman–Crippen MR) is 210 cm³/mol. The maximum Gasteiger partial charge on any atom is 0.416 e. The van der Waals surface area contributed by atoms with E-state index in [9.17, 15) is 26.3 Å². The zero-order valence-corrected chi connectivity index (χ0v) is 29.9. The lowest BCUT2D eigenvalue weighted by molar-refractivity contribution is -0.143. The van der Waals surface area contributed by atoms with Crippen LogP contribution >= 0.6 is 12.2 Å². The van der Waals surface area contributed by atoms with Crippen LogP contribution in [0, 0.1) is 0 Å². The number of fused-ring (bicyclic) bond motifs is 7. The summed E-state index contributed by atoms with van der Waals surface area (Å²) in [6, 6.07) is 45.0. The van der Waals surface area contributed by atoms with Crippen molar-refractivity contribution in [1.29, 1.82) is 0 Å². The molecule has 0 bridgehead atoms. The fourth-order valence-electron chi connectivity index (χ4n) is 7.78. The van der Waals surface area contributed by atoms with Gasteiger partial charge in [-0.2, -0.15) is 26.3 Å². The van der Waals surface area contributed by atoms with E-state index in [1.807, 2.05) is 84.9 Å². The van der Waals surface area contributed by atoms with Crippen molar-refractivity contribution >= 4 is 44.6 Å². The number of halogens is 6. The molecule has 0 aliphatic carbocycles. The first-order chi connectivity index (χ1) is 26.4. The second-order valence-electron chi connectivity index (χ2n) is 13.7. The van der Waals surface area contributed by atoms with E-state index in [0.29, 0.717) is 25.2 Å². The number of nitrogens with one attached hydrogen (secondary N) is 2. The zero-order valence-electron chi connectivity index (χ0n) is 29.1. The maximum absolute atomic E-state index is 13.8. The van der Waals surface area contributed by atoms with Gasteiger partial charge in [0.1, 0.15) is 0 Å². The van der Waals surface area contributed by atoms with Crippen molar-refractivity contribution in [3.05, 3.63) is 185 Å². The SMILES string of the molecule is FC(F)(F)c1cc(NC(=S)N[C@H](c2ccccc2)[C@@H](c2ccccc2)N2Cc3ccc4ccccc4c3-c3c(ccc4ccccc34)C2)cc(C(F)(F)F)c1. The van der Waals surface area contributed by atoms with Gasteiger partial charge in [0.25, 0.3) is 0 Å². The molecule has 10 heteroatoms. The molecule has 55 heavy (non-hydrogen) atoms. The molecular weight excluding hydrogens is 729 g/mol.